The number of hydrogen-bond donors (Lipinski definition) is 2. The number of carbonyl (C=O) groups excluding carboxylic acids is 1. The highest BCUT2D eigenvalue weighted by molar-refractivity contribution is 9.10. The van der Waals surface area contributed by atoms with Crippen molar-refractivity contribution in [3.8, 4) is 0 Å². The van der Waals surface area contributed by atoms with Crippen LogP contribution in [0.5, 0.6) is 0 Å². The van der Waals surface area contributed by atoms with Gasteiger partial charge in [0.25, 0.3) is 0 Å². The van der Waals surface area contributed by atoms with E-state index in [1.807, 2.05) is 12.1 Å². The Kier molecular flexibility index (Phi) is 6.48. The Morgan fingerprint density at radius 1 is 1.20 bits per heavy atom. The zero-order valence-corrected chi connectivity index (χ0v) is 16.9. The van der Waals surface area contributed by atoms with E-state index < -0.39 is 10.0 Å². The molecule has 25 heavy (non-hydrogen) atoms. The molecular formula is C17H18BrClN2O3S. The van der Waals surface area contributed by atoms with Crippen molar-refractivity contribution in [3.63, 3.8) is 0 Å². The van der Waals surface area contributed by atoms with Crippen molar-refractivity contribution in [3.05, 3.63) is 63.1 Å². The van der Waals surface area contributed by atoms with Crippen molar-refractivity contribution in [2.45, 2.75) is 19.4 Å². The van der Waals surface area contributed by atoms with Crippen molar-refractivity contribution < 1.29 is 13.2 Å². The zero-order chi connectivity index (χ0) is 18.6. The fraction of sp³-hybridized carbons (Fsp3) is 0.235. The molecule has 0 aliphatic rings. The number of anilines is 1. The van der Waals surface area contributed by atoms with Crippen LogP contribution in [0.25, 0.3) is 0 Å². The Morgan fingerprint density at radius 3 is 2.40 bits per heavy atom. The summed E-state index contributed by atoms with van der Waals surface area (Å²) >= 11 is 9.17. The van der Waals surface area contributed by atoms with E-state index in [0.717, 1.165) is 17.4 Å². The topological polar surface area (TPSA) is 75.3 Å². The fourth-order valence-electron chi connectivity index (χ4n) is 2.18. The molecule has 0 saturated carbocycles. The van der Waals surface area contributed by atoms with Gasteiger partial charge in [0, 0.05) is 16.0 Å². The van der Waals surface area contributed by atoms with Crippen LogP contribution < -0.4 is 10.0 Å². The van der Waals surface area contributed by atoms with Gasteiger partial charge in [-0.2, -0.15) is 0 Å². The van der Waals surface area contributed by atoms with Gasteiger partial charge in [-0.1, -0.05) is 29.8 Å². The van der Waals surface area contributed by atoms with Crippen LogP contribution in [-0.2, 0) is 21.4 Å². The number of halogens is 2. The Bertz CT molecular complexity index is 870. The summed E-state index contributed by atoms with van der Waals surface area (Å²) in [6, 6.07) is 12.4. The summed E-state index contributed by atoms with van der Waals surface area (Å²) < 4.78 is 25.6. The molecule has 1 amide bonds. The SMILES string of the molecule is CC(C(=O)NCc1ccc(Cl)cc1)c1ccc(NS(C)(=O)=O)c(Br)c1. The molecule has 2 N–H and O–H groups in total. The minimum absolute atomic E-state index is 0.120. The van der Waals surface area contributed by atoms with Gasteiger partial charge in [-0.3, -0.25) is 9.52 Å². The van der Waals surface area contributed by atoms with Crippen molar-refractivity contribution in [2.75, 3.05) is 11.0 Å². The number of carbonyl (C=O) groups is 1. The highest BCUT2D eigenvalue weighted by Gasteiger charge is 2.16. The van der Waals surface area contributed by atoms with Gasteiger partial charge >= 0.3 is 0 Å². The van der Waals surface area contributed by atoms with Crippen LogP contribution in [0.2, 0.25) is 5.02 Å². The normalized spacial score (nSPS) is 12.5. The monoisotopic (exact) mass is 444 g/mol. The van der Waals surface area contributed by atoms with Crippen LogP contribution in [0.4, 0.5) is 5.69 Å². The summed E-state index contributed by atoms with van der Waals surface area (Å²) in [6.45, 7) is 2.21. The van der Waals surface area contributed by atoms with Crippen LogP contribution >= 0.6 is 27.5 Å². The first-order valence-electron chi connectivity index (χ1n) is 7.45. The van der Waals surface area contributed by atoms with Crippen molar-refractivity contribution in [2.24, 2.45) is 0 Å². The summed E-state index contributed by atoms with van der Waals surface area (Å²) in [5, 5.41) is 3.53. The minimum atomic E-state index is -3.36. The maximum Gasteiger partial charge on any atom is 0.229 e. The standard InChI is InChI=1S/C17H18BrClN2O3S/c1-11(17(22)20-10-12-3-6-14(19)7-4-12)13-5-8-16(15(18)9-13)21-25(2,23)24/h3-9,11,21H,10H2,1-2H3,(H,20,22). The largest absolute Gasteiger partial charge is 0.352 e. The highest BCUT2D eigenvalue weighted by atomic mass is 79.9. The molecule has 134 valence electrons. The third-order valence-electron chi connectivity index (χ3n) is 3.56. The summed E-state index contributed by atoms with van der Waals surface area (Å²) in [7, 11) is -3.36. The molecule has 0 fully saturated rings. The van der Waals surface area contributed by atoms with E-state index in [1.54, 1.807) is 37.3 Å². The van der Waals surface area contributed by atoms with Gasteiger partial charge in [0.15, 0.2) is 0 Å². The second-order valence-electron chi connectivity index (χ2n) is 5.68. The lowest BCUT2D eigenvalue weighted by molar-refractivity contribution is -0.122. The Hall–Kier alpha value is -1.57. The number of hydrogen-bond acceptors (Lipinski definition) is 3. The van der Waals surface area contributed by atoms with E-state index in [4.69, 9.17) is 11.6 Å². The third kappa shape index (κ3) is 6.02. The number of sulfonamides is 1. The molecule has 0 spiro atoms. The molecule has 0 aliphatic heterocycles. The van der Waals surface area contributed by atoms with E-state index in [1.165, 1.54) is 0 Å². The summed E-state index contributed by atoms with van der Waals surface area (Å²) in [6.07, 6.45) is 1.08. The summed E-state index contributed by atoms with van der Waals surface area (Å²) in [5.41, 5.74) is 2.17. The maximum atomic E-state index is 12.3. The maximum absolute atomic E-state index is 12.3. The number of rotatable bonds is 6. The molecule has 0 aliphatic carbocycles. The molecule has 0 bridgehead atoms. The Balaban J connectivity index is 2.03. The molecule has 1 unspecified atom stereocenters. The van der Waals surface area contributed by atoms with Crippen molar-refractivity contribution in [1.82, 2.24) is 5.32 Å². The molecule has 2 rings (SSSR count). The molecule has 5 nitrogen and oxygen atoms in total. The Morgan fingerprint density at radius 2 is 1.84 bits per heavy atom. The zero-order valence-electron chi connectivity index (χ0n) is 13.7. The highest BCUT2D eigenvalue weighted by Crippen LogP contribution is 2.28. The van der Waals surface area contributed by atoms with Crippen molar-refractivity contribution >= 4 is 49.1 Å². The van der Waals surface area contributed by atoms with Crippen LogP contribution in [0, 0.1) is 0 Å². The third-order valence-corrected chi connectivity index (χ3v) is 5.06. The lowest BCUT2D eigenvalue weighted by Crippen LogP contribution is -2.27. The van der Waals surface area contributed by atoms with E-state index in [2.05, 4.69) is 26.0 Å². The van der Waals surface area contributed by atoms with E-state index in [0.29, 0.717) is 21.7 Å². The van der Waals surface area contributed by atoms with Crippen LogP contribution in [0.3, 0.4) is 0 Å². The van der Waals surface area contributed by atoms with Gasteiger partial charge in [0.1, 0.15) is 0 Å². The van der Waals surface area contributed by atoms with Crippen LogP contribution in [0.1, 0.15) is 24.0 Å². The van der Waals surface area contributed by atoms with Crippen molar-refractivity contribution in [1.29, 1.82) is 0 Å². The second-order valence-corrected chi connectivity index (χ2v) is 8.72. The van der Waals surface area contributed by atoms with Gasteiger partial charge < -0.3 is 5.32 Å². The lowest BCUT2D eigenvalue weighted by atomic mass is 10.00. The predicted octanol–water partition coefficient (Wildman–Crippen LogP) is 3.89. The number of benzene rings is 2. The number of amides is 1. The molecular weight excluding hydrogens is 428 g/mol. The van der Waals surface area contributed by atoms with E-state index in [-0.39, 0.29) is 11.8 Å². The first-order chi connectivity index (χ1) is 11.7. The van der Waals surface area contributed by atoms with Gasteiger partial charge in [0.05, 0.1) is 17.9 Å². The fourth-order valence-corrected chi connectivity index (χ4v) is 3.51. The average Bonchev–Trinajstić information content (AvgIpc) is 2.54. The lowest BCUT2D eigenvalue weighted by Gasteiger charge is -2.15. The first kappa shape index (κ1) is 19.8. The molecule has 0 saturated heterocycles. The van der Waals surface area contributed by atoms with Gasteiger partial charge in [0.2, 0.25) is 15.9 Å². The molecule has 0 radical (unpaired) electrons. The predicted molar refractivity (Wildman–Crippen MR) is 104 cm³/mol. The summed E-state index contributed by atoms with van der Waals surface area (Å²) in [5.74, 6) is -0.499. The van der Waals surface area contributed by atoms with Gasteiger partial charge in [-0.15, -0.1) is 0 Å². The smallest absolute Gasteiger partial charge is 0.229 e. The van der Waals surface area contributed by atoms with Gasteiger partial charge in [-0.05, 0) is 58.2 Å². The molecule has 2 aromatic carbocycles. The first-order valence-corrected chi connectivity index (χ1v) is 10.5. The van der Waals surface area contributed by atoms with Crippen LogP contribution in [0.15, 0.2) is 46.9 Å². The number of nitrogens with one attached hydrogen (secondary N) is 2. The molecule has 0 heterocycles. The van der Waals surface area contributed by atoms with Gasteiger partial charge in [-0.25, -0.2) is 8.42 Å². The molecule has 2 aromatic rings. The quantitative estimate of drug-likeness (QED) is 0.708. The van der Waals surface area contributed by atoms with E-state index >= 15 is 0 Å². The summed E-state index contributed by atoms with van der Waals surface area (Å²) in [4.78, 5) is 12.3. The molecule has 1 atom stereocenters. The second kappa shape index (κ2) is 8.21. The average molecular weight is 446 g/mol. The van der Waals surface area contributed by atoms with Crippen LogP contribution in [-0.4, -0.2) is 20.6 Å². The Labute approximate surface area is 161 Å². The minimum Gasteiger partial charge on any atom is -0.352 e. The van der Waals surface area contributed by atoms with E-state index in [9.17, 15) is 13.2 Å². The molecule has 8 heteroatoms. The molecule has 0 aromatic heterocycles.